The molecule has 1 aliphatic heterocycles. The van der Waals surface area contributed by atoms with Crippen LogP contribution in [-0.4, -0.2) is 11.8 Å². The predicted molar refractivity (Wildman–Crippen MR) is 114 cm³/mol. The van der Waals surface area contributed by atoms with Crippen molar-refractivity contribution in [1.82, 2.24) is 0 Å². The van der Waals surface area contributed by atoms with Crippen LogP contribution in [0.4, 0.5) is 0 Å². The molecule has 2 aromatic carbocycles. The van der Waals surface area contributed by atoms with E-state index in [0.717, 1.165) is 4.88 Å². The first-order valence-electron chi connectivity index (χ1n) is 8.68. The standard InChI is InChI=1S/C22H14Cl2O4S/c1-12-7-15(27-20(25)11-16-3-2-6-29-16)10-18-21(12)22(26)19(28-18)8-13-4-5-14(23)9-17(13)24/h2-10H,11H2,1H3/b19-8-. The average Bonchev–Trinajstić information content (AvgIpc) is 3.25. The van der Waals surface area contributed by atoms with E-state index in [0.29, 0.717) is 38.2 Å². The van der Waals surface area contributed by atoms with Crippen LogP contribution in [-0.2, 0) is 11.2 Å². The topological polar surface area (TPSA) is 52.6 Å². The maximum Gasteiger partial charge on any atom is 0.316 e. The summed E-state index contributed by atoms with van der Waals surface area (Å²) in [4.78, 5) is 25.9. The zero-order valence-corrected chi connectivity index (χ0v) is 17.5. The number of ketones is 1. The number of hydrogen-bond acceptors (Lipinski definition) is 5. The molecule has 0 amide bonds. The molecule has 29 heavy (non-hydrogen) atoms. The molecule has 0 saturated heterocycles. The monoisotopic (exact) mass is 444 g/mol. The number of allylic oxidation sites excluding steroid dienone is 1. The predicted octanol–water partition coefficient (Wildman–Crippen LogP) is 6.13. The molecule has 0 fully saturated rings. The third-order valence-electron chi connectivity index (χ3n) is 4.32. The fourth-order valence-corrected chi connectivity index (χ4v) is 4.17. The molecule has 4 rings (SSSR count). The minimum Gasteiger partial charge on any atom is -0.452 e. The van der Waals surface area contributed by atoms with Crippen LogP contribution in [0, 0.1) is 6.92 Å². The molecule has 0 saturated carbocycles. The highest BCUT2D eigenvalue weighted by Gasteiger charge is 2.30. The first-order chi connectivity index (χ1) is 13.9. The summed E-state index contributed by atoms with van der Waals surface area (Å²) in [5.74, 6) is 0.209. The van der Waals surface area contributed by atoms with Gasteiger partial charge in [-0.05, 0) is 53.8 Å². The van der Waals surface area contributed by atoms with Crippen LogP contribution in [0.3, 0.4) is 0 Å². The number of Topliss-reactive ketones (excluding diaryl/α,β-unsaturated/α-hetero) is 1. The van der Waals surface area contributed by atoms with Gasteiger partial charge in [-0.3, -0.25) is 9.59 Å². The van der Waals surface area contributed by atoms with Crippen molar-refractivity contribution in [3.05, 3.63) is 85.2 Å². The van der Waals surface area contributed by atoms with E-state index in [1.165, 1.54) is 11.3 Å². The van der Waals surface area contributed by atoms with E-state index in [1.807, 2.05) is 17.5 Å². The summed E-state index contributed by atoms with van der Waals surface area (Å²) in [6.07, 6.45) is 1.76. The van der Waals surface area contributed by atoms with Gasteiger partial charge in [-0.25, -0.2) is 0 Å². The van der Waals surface area contributed by atoms with E-state index in [4.69, 9.17) is 32.7 Å². The Morgan fingerprint density at radius 2 is 2.03 bits per heavy atom. The third-order valence-corrected chi connectivity index (χ3v) is 5.76. The third kappa shape index (κ3) is 4.22. The average molecular weight is 445 g/mol. The Bertz CT molecular complexity index is 1150. The number of halogens is 2. The summed E-state index contributed by atoms with van der Waals surface area (Å²) in [6, 6.07) is 12.0. The zero-order valence-electron chi connectivity index (χ0n) is 15.2. The summed E-state index contributed by atoms with van der Waals surface area (Å²) in [5, 5.41) is 2.82. The molecule has 0 unspecified atom stereocenters. The second-order valence-electron chi connectivity index (χ2n) is 6.45. The molecule has 0 bridgehead atoms. The quantitative estimate of drug-likeness (QED) is 0.276. The van der Waals surface area contributed by atoms with Crippen molar-refractivity contribution in [2.75, 3.05) is 0 Å². The van der Waals surface area contributed by atoms with Gasteiger partial charge in [-0.1, -0.05) is 35.3 Å². The molecule has 7 heteroatoms. The Morgan fingerprint density at radius 3 is 2.76 bits per heavy atom. The number of benzene rings is 2. The number of rotatable bonds is 4. The lowest BCUT2D eigenvalue weighted by Crippen LogP contribution is -2.10. The summed E-state index contributed by atoms with van der Waals surface area (Å²) in [5.41, 5.74) is 1.73. The van der Waals surface area contributed by atoms with Gasteiger partial charge < -0.3 is 9.47 Å². The smallest absolute Gasteiger partial charge is 0.316 e. The van der Waals surface area contributed by atoms with E-state index in [9.17, 15) is 9.59 Å². The van der Waals surface area contributed by atoms with Crippen LogP contribution in [0.15, 0.2) is 53.6 Å². The number of aryl methyl sites for hydroxylation is 1. The summed E-state index contributed by atoms with van der Waals surface area (Å²) < 4.78 is 11.2. The Labute approximate surface area is 181 Å². The molecule has 0 radical (unpaired) electrons. The lowest BCUT2D eigenvalue weighted by Gasteiger charge is -2.07. The van der Waals surface area contributed by atoms with Crippen LogP contribution in [0.1, 0.15) is 26.4 Å². The summed E-state index contributed by atoms with van der Waals surface area (Å²) in [7, 11) is 0. The van der Waals surface area contributed by atoms with Gasteiger partial charge in [0, 0.05) is 21.0 Å². The molecule has 1 aromatic heterocycles. The number of thiophene rings is 1. The number of carbonyl (C=O) groups is 2. The fraction of sp³-hybridized carbons (Fsp3) is 0.0909. The van der Waals surface area contributed by atoms with E-state index in [-0.39, 0.29) is 23.9 Å². The van der Waals surface area contributed by atoms with Crippen LogP contribution >= 0.6 is 34.5 Å². The second-order valence-corrected chi connectivity index (χ2v) is 8.33. The van der Waals surface area contributed by atoms with Crippen molar-refractivity contribution >= 4 is 52.4 Å². The number of esters is 1. The molecular weight excluding hydrogens is 431 g/mol. The Balaban J connectivity index is 1.58. The van der Waals surface area contributed by atoms with Gasteiger partial charge in [0.25, 0.3) is 0 Å². The summed E-state index contributed by atoms with van der Waals surface area (Å²) in [6.45, 7) is 1.77. The van der Waals surface area contributed by atoms with E-state index in [2.05, 4.69) is 0 Å². The highest BCUT2D eigenvalue weighted by atomic mass is 35.5. The zero-order chi connectivity index (χ0) is 20.5. The highest BCUT2D eigenvalue weighted by molar-refractivity contribution is 7.10. The minimum absolute atomic E-state index is 0.148. The normalized spacial score (nSPS) is 14.0. The van der Waals surface area contributed by atoms with Gasteiger partial charge in [0.2, 0.25) is 5.78 Å². The van der Waals surface area contributed by atoms with Crippen molar-refractivity contribution in [3.8, 4) is 11.5 Å². The molecule has 0 spiro atoms. The van der Waals surface area contributed by atoms with E-state index >= 15 is 0 Å². The van der Waals surface area contributed by atoms with Crippen molar-refractivity contribution in [1.29, 1.82) is 0 Å². The number of fused-ring (bicyclic) bond motifs is 1. The first-order valence-corrected chi connectivity index (χ1v) is 10.3. The van der Waals surface area contributed by atoms with Gasteiger partial charge in [0.05, 0.1) is 12.0 Å². The lowest BCUT2D eigenvalue weighted by molar-refractivity contribution is -0.133. The van der Waals surface area contributed by atoms with Gasteiger partial charge in [0.1, 0.15) is 11.5 Å². The highest BCUT2D eigenvalue weighted by Crippen LogP contribution is 2.38. The van der Waals surface area contributed by atoms with Gasteiger partial charge in [-0.2, -0.15) is 0 Å². The van der Waals surface area contributed by atoms with Crippen molar-refractivity contribution < 1.29 is 19.1 Å². The molecule has 3 aromatic rings. The minimum atomic E-state index is -0.375. The second kappa shape index (κ2) is 8.03. The van der Waals surface area contributed by atoms with E-state index in [1.54, 1.807) is 43.3 Å². The Morgan fingerprint density at radius 1 is 1.21 bits per heavy atom. The number of ether oxygens (including phenoxy) is 2. The largest absolute Gasteiger partial charge is 0.452 e. The number of carbonyl (C=O) groups excluding carboxylic acids is 2. The van der Waals surface area contributed by atoms with Crippen LogP contribution in [0.2, 0.25) is 10.0 Å². The molecular formula is C22H14Cl2O4S. The maximum atomic E-state index is 12.8. The number of hydrogen-bond donors (Lipinski definition) is 0. The molecule has 0 N–H and O–H groups in total. The Hall–Kier alpha value is -2.60. The summed E-state index contributed by atoms with van der Waals surface area (Å²) >= 11 is 13.6. The Kier molecular flexibility index (Phi) is 5.46. The van der Waals surface area contributed by atoms with Crippen LogP contribution < -0.4 is 9.47 Å². The molecule has 2 heterocycles. The van der Waals surface area contributed by atoms with Crippen LogP contribution in [0.25, 0.3) is 6.08 Å². The molecule has 0 atom stereocenters. The first kappa shape index (κ1) is 19.7. The van der Waals surface area contributed by atoms with Crippen molar-refractivity contribution in [3.63, 3.8) is 0 Å². The van der Waals surface area contributed by atoms with Crippen molar-refractivity contribution in [2.24, 2.45) is 0 Å². The fourth-order valence-electron chi connectivity index (χ4n) is 3.02. The van der Waals surface area contributed by atoms with Crippen molar-refractivity contribution in [2.45, 2.75) is 13.3 Å². The van der Waals surface area contributed by atoms with Gasteiger partial charge in [-0.15, -0.1) is 11.3 Å². The molecule has 4 nitrogen and oxygen atoms in total. The van der Waals surface area contributed by atoms with Gasteiger partial charge in [0.15, 0.2) is 5.76 Å². The van der Waals surface area contributed by atoms with E-state index < -0.39 is 0 Å². The van der Waals surface area contributed by atoms with Gasteiger partial charge >= 0.3 is 5.97 Å². The molecule has 146 valence electrons. The molecule has 1 aliphatic rings. The lowest BCUT2D eigenvalue weighted by atomic mass is 10.0. The maximum absolute atomic E-state index is 12.8. The molecule has 0 aliphatic carbocycles. The van der Waals surface area contributed by atoms with Crippen LogP contribution in [0.5, 0.6) is 11.5 Å². The SMILES string of the molecule is Cc1cc(OC(=O)Cc2cccs2)cc2c1C(=O)/C(=C/c1ccc(Cl)cc1Cl)O2.